The van der Waals surface area contributed by atoms with Crippen molar-refractivity contribution in [2.45, 2.75) is 13.5 Å². The van der Waals surface area contributed by atoms with Crippen LogP contribution in [0.4, 0.5) is 0 Å². The molecule has 0 atom stereocenters. The van der Waals surface area contributed by atoms with Crippen molar-refractivity contribution < 1.29 is 4.84 Å². The minimum absolute atomic E-state index is 0. The third-order valence-corrected chi connectivity index (χ3v) is 2.02. The summed E-state index contributed by atoms with van der Waals surface area (Å²) in [6.07, 6.45) is 0. The number of thiophene rings is 1. The number of aryl methyl sites for hydroxylation is 1. The van der Waals surface area contributed by atoms with Crippen molar-refractivity contribution in [3.8, 4) is 0 Å². The van der Waals surface area contributed by atoms with Crippen molar-refractivity contribution in [3.05, 3.63) is 21.9 Å². The quantitative estimate of drug-likeness (QED) is 0.690. The average Bonchev–Trinajstić information content (AvgIpc) is 2.37. The van der Waals surface area contributed by atoms with E-state index >= 15 is 0 Å². The van der Waals surface area contributed by atoms with Crippen molar-refractivity contribution in [1.29, 1.82) is 0 Å². The maximum Gasteiger partial charge on any atom is 0.0569 e. The molecule has 0 aromatic carbocycles. The molecule has 1 heterocycles. The van der Waals surface area contributed by atoms with Gasteiger partial charge in [-0.1, -0.05) is 0 Å². The van der Waals surface area contributed by atoms with Crippen LogP contribution in [0.25, 0.3) is 0 Å². The van der Waals surface area contributed by atoms with Gasteiger partial charge in [0.25, 0.3) is 0 Å². The van der Waals surface area contributed by atoms with Crippen LogP contribution in [0.3, 0.4) is 0 Å². The van der Waals surface area contributed by atoms with Crippen LogP contribution in [-0.4, -0.2) is 7.11 Å². The van der Waals surface area contributed by atoms with Gasteiger partial charge in [-0.2, -0.15) is 0 Å². The van der Waals surface area contributed by atoms with Crippen molar-refractivity contribution in [1.82, 2.24) is 0 Å². The number of nitrogens with two attached hydrogens (primary N) is 2. The predicted octanol–water partition coefficient (Wildman–Crippen LogP) is 1.44. The highest BCUT2D eigenvalue weighted by Crippen LogP contribution is 2.13. The van der Waals surface area contributed by atoms with E-state index in [0.29, 0.717) is 6.54 Å². The summed E-state index contributed by atoms with van der Waals surface area (Å²) >= 11 is 1.76. The van der Waals surface area contributed by atoms with Crippen molar-refractivity contribution in [3.63, 3.8) is 0 Å². The normalized spacial score (nSPS) is 8.00. The van der Waals surface area contributed by atoms with Crippen LogP contribution in [0, 0.1) is 6.92 Å². The Bertz CT molecular complexity index is 193. The molecule has 5 heteroatoms. The minimum Gasteiger partial charge on any atom is -0.326 e. The smallest absolute Gasteiger partial charge is 0.0569 e. The lowest BCUT2D eigenvalue weighted by Gasteiger charge is -1.81. The zero-order valence-electron chi connectivity index (χ0n) is 7.24. The Labute approximate surface area is 83.1 Å². The van der Waals surface area contributed by atoms with Crippen molar-refractivity contribution in [2.75, 3.05) is 7.11 Å². The Hall–Kier alpha value is -0.130. The van der Waals surface area contributed by atoms with E-state index in [1.807, 2.05) is 0 Å². The third kappa shape index (κ3) is 6.57. The van der Waals surface area contributed by atoms with Gasteiger partial charge in [-0.15, -0.1) is 23.7 Å². The fourth-order valence-corrected chi connectivity index (χ4v) is 1.36. The molecule has 0 unspecified atom stereocenters. The molecule has 1 aromatic rings. The van der Waals surface area contributed by atoms with Crippen LogP contribution >= 0.6 is 23.7 Å². The molecule has 0 aliphatic rings. The lowest BCUT2D eigenvalue weighted by molar-refractivity contribution is 0.206. The first-order chi connectivity index (χ1) is 5.24. The van der Waals surface area contributed by atoms with E-state index in [4.69, 9.17) is 5.73 Å². The molecule has 0 aliphatic carbocycles. The summed E-state index contributed by atoms with van der Waals surface area (Å²) in [6.45, 7) is 2.77. The summed E-state index contributed by atoms with van der Waals surface area (Å²) < 4.78 is 0. The monoisotopic (exact) mass is 210 g/mol. The molecular weight excluding hydrogens is 196 g/mol. The van der Waals surface area contributed by atoms with Crippen molar-refractivity contribution >= 4 is 23.7 Å². The summed E-state index contributed by atoms with van der Waals surface area (Å²) in [5, 5.41) is 0. The zero-order valence-corrected chi connectivity index (χ0v) is 8.87. The molecule has 0 bridgehead atoms. The van der Waals surface area contributed by atoms with E-state index in [1.54, 1.807) is 11.3 Å². The second kappa shape index (κ2) is 8.96. The number of hydrogen-bond donors (Lipinski definition) is 2. The van der Waals surface area contributed by atoms with Gasteiger partial charge in [0.05, 0.1) is 7.11 Å². The number of rotatable bonds is 1. The molecule has 1 rings (SSSR count). The first kappa shape index (κ1) is 14.4. The van der Waals surface area contributed by atoms with Crippen LogP contribution in [0.1, 0.15) is 9.75 Å². The van der Waals surface area contributed by atoms with Gasteiger partial charge in [0.1, 0.15) is 0 Å². The van der Waals surface area contributed by atoms with Crippen LogP contribution in [0.5, 0.6) is 0 Å². The van der Waals surface area contributed by atoms with Gasteiger partial charge in [-0.25, -0.2) is 5.90 Å². The van der Waals surface area contributed by atoms with Gasteiger partial charge in [-0.3, -0.25) is 0 Å². The standard InChI is InChI=1S/C6H9NS.CH5NO.ClH/c1-5-2-3-6(4-7)8-5;1-3-2;/h2-3H,4,7H2,1H3;2H2,1H3;1H. The molecule has 1 aromatic heterocycles. The number of hydrogen-bond acceptors (Lipinski definition) is 4. The molecule has 0 amide bonds. The van der Waals surface area contributed by atoms with Gasteiger partial charge in [0, 0.05) is 16.3 Å². The van der Waals surface area contributed by atoms with E-state index in [-0.39, 0.29) is 12.4 Å². The summed E-state index contributed by atoms with van der Waals surface area (Å²) in [6, 6.07) is 4.16. The fourth-order valence-electron chi connectivity index (χ4n) is 0.595. The Kier molecular flexibility index (Phi) is 10.8. The molecule has 0 saturated carbocycles. The average molecular weight is 211 g/mol. The topological polar surface area (TPSA) is 61.3 Å². The van der Waals surface area contributed by atoms with Gasteiger partial charge in [-0.05, 0) is 19.1 Å². The fraction of sp³-hybridized carbons (Fsp3) is 0.429. The summed E-state index contributed by atoms with van der Waals surface area (Å²) in [5.74, 6) is 4.35. The maximum atomic E-state index is 5.37. The van der Waals surface area contributed by atoms with Crippen LogP contribution in [0.2, 0.25) is 0 Å². The van der Waals surface area contributed by atoms with E-state index in [2.05, 4.69) is 29.8 Å². The van der Waals surface area contributed by atoms with Gasteiger partial charge >= 0.3 is 0 Å². The summed E-state index contributed by atoms with van der Waals surface area (Å²) in [5.41, 5.74) is 5.37. The molecule has 4 N–H and O–H groups in total. The molecular formula is C7H15ClN2OS. The van der Waals surface area contributed by atoms with E-state index in [9.17, 15) is 0 Å². The van der Waals surface area contributed by atoms with Gasteiger partial charge < -0.3 is 10.6 Å². The molecule has 12 heavy (non-hydrogen) atoms. The largest absolute Gasteiger partial charge is 0.326 e. The van der Waals surface area contributed by atoms with E-state index < -0.39 is 0 Å². The van der Waals surface area contributed by atoms with Gasteiger partial charge in [0.2, 0.25) is 0 Å². The second-order valence-electron chi connectivity index (χ2n) is 1.95. The number of halogens is 1. The Morgan fingerprint density at radius 1 is 1.50 bits per heavy atom. The highest BCUT2D eigenvalue weighted by atomic mass is 35.5. The van der Waals surface area contributed by atoms with E-state index in [0.717, 1.165) is 0 Å². The molecule has 3 nitrogen and oxygen atoms in total. The van der Waals surface area contributed by atoms with E-state index in [1.165, 1.54) is 16.9 Å². The highest BCUT2D eigenvalue weighted by Gasteiger charge is 1.89. The molecule has 72 valence electrons. The highest BCUT2D eigenvalue weighted by molar-refractivity contribution is 7.11. The lowest BCUT2D eigenvalue weighted by Crippen LogP contribution is -1.90. The lowest BCUT2D eigenvalue weighted by atomic mass is 10.4. The minimum atomic E-state index is 0. The molecule has 0 fully saturated rings. The Morgan fingerprint density at radius 2 is 2.00 bits per heavy atom. The third-order valence-electron chi connectivity index (χ3n) is 0.997. The molecule has 0 spiro atoms. The van der Waals surface area contributed by atoms with Crippen molar-refractivity contribution in [2.24, 2.45) is 11.6 Å². The Balaban J connectivity index is 0. The first-order valence-electron chi connectivity index (χ1n) is 3.22. The zero-order chi connectivity index (χ0) is 8.69. The maximum absolute atomic E-state index is 5.37. The second-order valence-corrected chi connectivity index (χ2v) is 3.32. The summed E-state index contributed by atoms with van der Waals surface area (Å²) in [7, 11) is 1.40. The van der Waals surface area contributed by atoms with Crippen LogP contribution in [-0.2, 0) is 11.4 Å². The Morgan fingerprint density at radius 3 is 2.17 bits per heavy atom. The summed E-state index contributed by atoms with van der Waals surface area (Å²) in [4.78, 5) is 6.35. The molecule has 0 aliphatic heterocycles. The molecule has 0 radical (unpaired) electrons. The predicted molar refractivity (Wildman–Crippen MR) is 55.4 cm³/mol. The SMILES string of the molecule is CON.Cc1ccc(CN)s1.Cl. The first-order valence-corrected chi connectivity index (χ1v) is 4.04. The van der Waals surface area contributed by atoms with Crippen LogP contribution in [0.15, 0.2) is 12.1 Å². The molecule has 0 saturated heterocycles. The van der Waals surface area contributed by atoms with Crippen LogP contribution < -0.4 is 11.6 Å². The van der Waals surface area contributed by atoms with Gasteiger partial charge in [0.15, 0.2) is 0 Å².